The minimum Gasteiger partial charge on any atom is -1.00 e. The van der Waals surface area contributed by atoms with Gasteiger partial charge < -0.3 is 17.7 Å². The van der Waals surface area contributed by atoms with E-state index in [1.54, 1.807) is 0 Å². The molecule has 0 aliphatic heterocycles. The maximum absolute atomic E-state index is 4.52. The number of hydrogen-bond donors (Lipinski definition) is 1. The number of benzene rings is 1. The summed E-state index contributed by atoms with van der Waals surface area (Å²) in [5.74, 6) is 0. The van der Waals surface area contributed by atoms with Crippen LogP contribution >= 0.6 is 0 Å². The van der Waals surface area contributed by atoms with Crippen LogP contribution in [0.25, 0.3) is 10.9 Å². The summed E-state index contributed by atoms with van der Waals surface area (Å²) in [6.45, 7) is 8.59. The Kier molecular flexibility index (Phi) is 4.53. The molecule has 1 aromatic carbocycles. The third-order valence-corrected chi connectivity index (χ3v) is 2.53. The zero-order chi connectivity index (χ0) is 11.5. The summed E-state index contributed by atoms with van der Waals surface area (Å²) in [6, 6.07) is 8.39. The van der Waals surface area contributed by atoms with Gasteiger partial charge in [0.15, 0.2) is 0 Å². The van der Waals surface area contributed by atoms with Crippen molar-refractivity contribution >= 4 is 16.6 Å². The van der Waals surface area contributed by atoms with Crippen LogP contribution in [0.5, 0.6) is 0 Å². The first-order valence-electron chi connectivity index (χ1n) is 5.43. The van der Waals surface area contributed by atoms with Gasteiger partial charge in [0.2, 0.25) is 0 Å². The Morgan fingerprint density at radius 2 is 2.06 bits per heavy atom. The average molecular weight is 248 g/mol. The summed E-state index contributed by atoms with van der Waals surface area (Å²) in [5.41, 5.74) is 4.45. The van der Waals surface area contributed by atoms with Crippen molar-refractivity contribution in [2.24, 2.45) is 0 Å². The molecule has 2 nitrogen and oxygen atoms in total. The largest absolute Gasteiger partial charge is 1.00 e. The highest BCUT2D eigenvalue weighted by Crippen LogP contribution is 2.24. The van der Waals surface area contributed by atoms with Crippen molar-refractivity contribution in [3.63, 3.8) is 0 Å². The summed E-state index contributed by atoms with van der Waals surface area (Å²) in [6.07, 6.45) is 1.86. The Morgan fingerprint density at radius 1 is 1.29 bits per heavy atom. The summed E-state index contributed by atoms with van der Waals surface area (Å²) >= 11 is 0. The molecular weight excluding hydrogens is 232 g/mol. The second-order valence-electron chi connectivity index (χ2n) is 4.00. The third-order valence-electron chi connectivity index (χ3n) is 2.53. The van der Waals surface area contributed by atoms with Gasteiger partial charge in [-0.2, -0.15) is 0 Å². The maximum Gasteiger partial charge on any atom is 0.0726 e. The lowest BCUT2D eigenvalue weighted by Crippen LogP contribution is -3.00. The van der Waals surface area contributed by atoms with E-state index >= 15 is 0 Å². The summed E-state index contributed by atoms with van der Waals surface area (Å²) in [5, 5.41) is 4.52. The van der Waals surface area contributed by atoms with Crippen LogP contribution in [-0.2, 0) is 0 Å². The standard InChI is InChI=1S/C14H16N2.ClH/c1-4-7-15-14-9-11(3)16-13-6-5-10(2)8-12(13)14;/h4-6,8-9H,1,7H2,2-3H3,(H,15,16);1H/p-1. The molecule has 0 radical (unpaired) electrons. The van der Waals surface area contributed by atoms with E-state index in [2.05, 4.69) is 48.1 Å². The highest BCUT2D eigenvalue weighted by Gasteiger charge is 2.03. The van der Waals surface area contributed by atoms with Gasteiger partial charge in [-0.15, -0.1) is 6.58 Å². The summed E-state index contributed by atoms with van der Waals surface area (Å²) < 4.78 is 0. The number of aromatic nitrogens is 1. The second kappa shape index (κ2) is 5.69. The van der Waals surface area contributed by atoms with E-state index in [1.807, 2.05) is 13.0 Å². The zero-order valence-electron chi connectivity index (χ0n) is 10.1. The highest BCUT2D eigenvalue weighted by atomic mass is 35.5. The molecule has 0 bridgehead atoms. The predicted octanol–water partition coefficient (Wildman–Crippen LogP) is 0.454. The van der Waals surface area contributed by atoms with Gasteiger partial charge in [-0.25, -0.2) is 0 Å². The van der Waals surface area contributed by atoms with Crippen molar-refractivity contribution in [3.05, 3.63) is 48.2 Å². The number of pyridine rings is 1. The molecule has 2 rings (SSSR count). The first-order valence-corrected chi connectivity index (χ1v) is 5.43. The Bertz CT molecular complexity index is 535. The fourth-order valence-electron chi connectivity index (χ4n) is 1.80. The second-order valence-corrected chi connectivity index (χ2v) is 4.00. The molecule has 0 saturated heterocycles. The van der Waals surface area contributed by atoms with E-state index in [1.165, 1.54) is 10.9 Å². The van der Waals surface area contributed by atoms with Crippen molar-refractivity contribution in [1.29, 1.82) is 0 Å². The fraction of sp³-hybridized carbons (Fsp3) is 0.214. The van der Waals surface area contributed by atoms with Gasteiger partial charge in [-0.3, -0.25) is 4.98 Å². The lowest BCUT2D eigenvalue weighted by Gasteiger charge is -2.09. The van der Waals surface area contributed by atoms with Gasteiger partial charge in [-0.05, 0) is 32.0 Å². The lowest BCUT2D eigenvalue weighted by atomic mass is 10.1. The van der Waals surface area contributed by atoms with E-state index in [0.717, 1.165) is 23.4 Å². The molecule has 0 aliphatic rings. The van der Waals surface area contributed by atoms with Crippen LogP contribution in [0.1, 0.15) is 11.3 Å². The smallest absolute Gasteiger partial charge is 0.0726 e. The Morgan fingerprint density at radius 3 is 2.76 bits per heavy atom. The Hall–Kier alpha value is -1.54. The number of aryl methyl sites for hydroxylation is 2. The Labute approximate surface area is 108 Å². The molecule has 0 unspecified atom stereocenters. The average Bonchev–Trinajstić information content (AvgIpc) is 2.26. The number of nitrogens with one attached hydrogen (secondary N) is 1. The van der Waals surface area contributed by atoms with Crippen LogP contribution in [0.15, 0.2) is 36.9 Å². The predicted molar refractivity (Wildman–Crippen MR) is 69.9 cm³/mol. The molecule has 1 aromatic heterocycles. The molecule has 0 fully saturated rings. The first-order chi connectivity index (χ1) is 7.70. The molecule has 0 amide bonds. The molecule has 1 heterocycles. The number of halogens is 1. The van der Waals surface area contributed by atoms with Crippen LogP contribution in [-0.4, -0.2) is 11.5 Å². The van der Waals surface area contributed by atoms with Crippen LogP contribution in [0, 0.1) is 13.8 Å². The van der Waals surface area contributed by atoms with E-state index in [9.17, 15) is 0 Å². The van der Waals surface area contributed by atoms with E-state index in [4.69, 9.17) is 0 Å². The number of nitrogens with zero attached hydrogens (tertiary/aromatic N) is 1. The maximum atomic E-state index is 4.52. The molecule has 0 saturated carbocycles. The van der Waals surface area contributed by atoms with Crippen LogP contribution in [0.4, 0.5) is 5.69 Å². The molecule has 90 valence electrons. The molecule has 0 aliphatic carbocycles. The van der Waals surface area contributed by atoms with Crippen LogP contribution in [0.3, 0.4) is 0 Å². The minimum atomic E-state index is 0. The lowest BCUT2D eigenvalue weighted by molar-refractivity contribution is -0.00000344. The monoisotopic (exact) mass is 247 g/mol. The van der Waals surface area contributed by atoms with Gasteiger partial charge in [0.05, 0.1) is 5.52 Å². The zero-order valence-corrected chi connectivity index (χ0v) is 10.9. The number of fused-ring (bicyclic) bond motifs is 1. The van der Waals surface area contributed by atoms with E-state index < -0.39 is 0 Å². The van der Waals surface area contributed by atoms with Crippen molar-refractivity contribution in [1.82, 2.24) is 4.98 Å². The molecule has 0 atom stereocenters. The van der Waals surface area contributed by atoms with Crippen LogP contribution < -0.4 is 17.7 Å². The molecule has 1 N–H and O–H groups in total. The summed E-state index contributed by atoms with van der Waals surface area (Å²) in [4.78, 5) is 4.52. The van der Waals surface area contributed by atoms with Crippen molar-refractivity contribution in [3.8, 4) is 0 Å². The highest BCUT2D eigenvalue weighted by molar-refractivity contribution is 5.92. The quantitative estimate of drug-likeness (QED) is 0.797. The summed E-state index contributed by atoms with van der Waals surface area (Å²) in [7, 11) is 0. The first kappa shape index (κ1) is 13.5. The van der Waals surface area contributed by atoms with Gasteiger partial charge in [0.1, 0.15) is 0 Å². The van der Waals surface area contributed by atoms with Crippen molar-refractivity contribution in [2.75, 3.05) is 11.9 Å². The normalized spacial score (nSPS) is 9.76. The molecule has 0 spiro atoms. The van der Waals surface area contributed by atoms with Gasteiger partial charge in [0.25, 0.3) is 0 Å². The minimum absolute atomic E-state index is 0. The molecule has 2 aromatic rings. The van der Waals surface area contributed by atoms with E-state index in [-0.39, 0.29) is 12.4 Å². The Balaban J connectivity index is 0.00000144. The fourth-order valence-corrected chi connectivity index (χ4v) is 1.80. The third kappa shape index (κ3) is 2.98. The number of hydrogen-bond acceptors (Lipinski definition) is 2. The molecule has 3 heteroatoms. The van der Waals surface area contributed by atoms with Gasteiger partial charge >= 0.3 is 0 Å². The van der Waals surface area contributed by atoms with Crippen LogP contribution in [0.2, 0.25) is 0 Å². The topological polar surface area (TPSA) is 24.9 Å². The molecular formula is C14H16ClN2-. The van der Waals surface area contributed by atoms with E-state index in [0.29, 0.717) is 0 Å². The number of rotatable bonds is 3. The van der Waals surface area contributed by atoms with Gasteiger partial charge in [0, 0.05) is 23.3 Å². The van der Waals surface area contributed by atoms with Gasteiger partial charge in [-0.1, -0.05) is 17.7 Å². The van der Waals surface area contributed by atoms with Crippen molar-refractivity contribution < 1.29 is 12.4 Å². The molecule has 17 heavy (non-hydrogen) atoms. The number of anilines is 1. The SMILES string of the molecule is C=CCNc1cc(C)nc2ccc(C)cc12.[Cl-]. The van der Waals surface area contributed by atoms with Crippen molar-refractivity contribution in [2.45, 2.75) is 13.8 Å².